The Morgan fingerprint density at radius 3 is 1.64 bits per heavy atom. The topological polar surface area (TPSA) is 136 Å². The second-order valence-corrected chi connectivity index (χ2v) is 5.80. The molecule has 1 aliphatic carbocycles. The Morgan fingerprint density at radius 2 is 1.21 bits per heavy atom. The highest BCUT2D eigenvalue weighted by atomic mass is 16.3. The van der Waals surface area contributed by atoms with Crippen LogP contribution in [0.3, 0.4) is 0 Å². The Bertz CT molecular complexity index is 1170. The van der Waals surface area contributed by atoms with Gasteiger partial charge < -0.3 is 10.2 Å². The summed E-state index contributed by atoms with van der Waals surface area (Å²) in [6, 6.07) is 18.5. The molecule has 2 N–H and O–H groups in total. The van der Waals surface area contributed by atoms with E-state index >= 15 is 0 Å². The van der Waals surface area contributed by atoms with Crippen molar-refractivity contribution in [2.75, 3.05) is 0 Å². The van der Waals surface area contributed by atoms with Gasteiger partial charge in [0.2, 0.25) is 0 Å². The van der Waals surface area contributed by atoms with Crippen molar-refractivity contribution in [3.63, 3.8) is 0 Å². The predicted molar refractivity (Wildman–Crippen MR) is 100 cm³/mol. The van der Waals surface area contributed by atoms with E-state index in [9.17, 15) is 31.3 Å². The van der Waals surface area contributed by atoms with Crippen LogP contribution in [-0.4, -0.2) is 10.2 Å². The van der Waals surface area contributed by atoms with Gasteiger partial charge in [0.05, 0.1) is 0 Å². The fraction of sp³-hybridized carbons (Fsp3) is 0. The fourth-order valence-corrected chi connectivity index (χ4v) is 3.09. The molecule has 0 heterocycles. The zero-order chi connectivity index (χ0) is 20.3. The van der Waals surface area contributed by atoms with Gasteiger partial charge in [-0.15, -0.1) is 0 Å². The van der Waals surface area contributed by atoms with Gasteiger partial charge in [-0.3, -0.25) is 0 Å². The fourth-order valence-electron chi connectivity index (χ4n) is 3.09. The van der Waals surface area contributed by atoms with Crippen molar-refractivity contribution in [1.82, 2.24) is 0 Å². The third-order valence-corrected chi connectivity index (χ3v) is 4.26. The minimum Gasteiger partial charge on any atom is -0.504 e. The minimum absolute atomic E-state index is 0.160. The van der Waals surface area contributed by atoms with Crippen LogP contribution in [-0.2, 0) is 0 Å². The first-order chi connectivity index (χ1) is 13.5. The molecule has 0 radical (unpaired) electrons. The summed E-state index contributed by atoms with van der Waals surface area (Å²) in [7, 11) is 0. The number of nitriles is 4. The molecule has 0 spiro atoms. The monoisotopic (exact) mass is 362 g/mol. The Labute approximate surface area is 160 Å². The van der Waals surface area contributed by atoms with Gasteiger partial charge in [-0.2, -0.15) is 21.0 Å². The normalized spacial score (nSPS) is 11.5. The molecule has 0 aliphatic heterocycles. The largest absolute Gasteiger partial charge is 0.504 e. The van der Waals surface area contributed by atoms with E-state index in [2.05, 4.69) is 0 Å². The Kier molecular flexibility index (Phi) is 4.65. The average molecular weight is 362 g/mol. The maximum Gasteiger partial charge on any atom is 0.157 e. The van der Waals surface area contributed by atoms with Crippen LogP contribution in [0.2, 0.25) is 0 Å². The van der Waals surface area contributed by atoms with E-state index in [1.165, 1.54) is 18.2 Å². The number of nitrogens with zero attached hydrogens (tertiary/aromatic N) is 4. The average Bonchev–Trinajstić information content (AvgIpc) is 3.01. The van der Waals surface area contributed by atoms with Gasteiger partial charge in [-0.05, 0) is 40.5 Å². The van der Waals surface area contributed by atoms with Crippen molar-refractivity contribution >= 4 is 17.2 Å². The molecule has 3 rings (SSSR count). The zero-order valence-electron chi connectivity index (χ0n) is 14.3. The number of hydrogen-bond acceptors (Lipinski definition) is 6. The molecule has 1 aliphatic rings. The highest BCUT2D eigenvalue weighted by molar-refractivity contribution is 6.15. The molecule has 0 aromatic heterocycles. The first-order valence-electron chi connectivity index (χ1n) is 7.98. The lowest BCUT2D eigenvalue weighted by molar-refractivity contribution is 0.403. The van der Waals surface area contributed by atoms with Crippen LogP contribution in [0.5, 0.6) is 11.5 Å². The van der Waals surface area contributed by atoms with Crippen LogP contribution in [0.25, 0.3) is 17.2 Å². The van der Waals surface area contributed by atoms with Gasteiger partial charge in [-0.1, -0.05) is 30.3 Å². The molecular formula is C22H10N4O2. The van der Waals surface area contributed by atoms with Gasteiger partial charge in [0.25, 0.3) is 0 Å². The van der Waals surface area contributed by atoms with E-state index in [1.54, 1.807) is 30.3 Å². The number of aromatic hydroxyl groups is 2. The third-order valence-electron chi connectivity index (χ3n) is 4.26. The molecular weight excluding hydrogens is 352 g/mol. The summed E-state index contributed by atoms with van der Waals surface area (Å²) in [6.45, 7) is 0. The van der Waals surface area contributed by atoms with Gasteiger partial charge in [0, 0.05) is 11.1 Å². The number of benzene rings is 2. The van der Waals surface area contributed by atoms with Crippen LogP contribution in [0.4, 0.5) is 0 Å². The van der Waals surface area contributed by atoms with Crippen molar-refractivity contribution in [3.8, 4) is 35.8 Å². The van der Waals surface area contributed by atoms with Crippen molar-refractivity contribution in [2.24, 2.45) is 0 Å². The Hall–Kier alpha value is -4.78. The summed E-state index contributed by atoms with van der Waals surface area (Å²) in [4.78, 5) is 0. The molecule has 0 bridgehead atoms. The van der Waals surface area contributed by atoms with Crippen LogP contribution in [0, 0.1) is 45.3 Å². The molecule has 130 valence electrons. The van der Waals surface area contributed by atoms with Crippen LogP contribution in [0.15, 0.2) is 59.2 Å². The molecule has 0 unspecified atom stereocenters. The molecule has 0 atom stereocenters. The van der Waals surface area contributed by atoms with Gasteiger partial charge in [0.15, 0.2) is 11.5 Å². The third kappa shape index (κ3) is 2.85. The molecule has 0 saturated heterocycles. The number of phenols is 2. The SMILES string of the molecule is N#CC(C#N)=C1C(=Cc2ccc(O)c(O)c2)C(=C(C#N)C#N)c2ccccc21. The molecule has 0 amide bonds. The van der Waals surface area contributed by atoms with Crippen LogP contribution >= 0.6 is 0 Å². The molecule has 28 heavy (non-hydrogen) atoms. The standard InChI is InChI=1S/C22H10N4O2/c23-9-14(10-24)21-16-3-1-2-4-17(16)22(15(11-25)12-26)18(21)7-13-5-6-19(27)20(28)8-13/h1-8,27-28H. The Morgan fingerprint density at radius 1 is 0.714 bits per heavy atom. The second-order valence-electron chi connectivity index (χ2n) is 5.80. The summed E-state index contributed by atoms with van der Waals surface area (Å²) in [5.74, 6) is -0.643. The highest BCUT2D eigenvalue weighted by Gasteiger charge is 2.31. The summed E-state index contributed by atoms with van der Waals surface area (Å²) in [5, 5.41) is 57.0. The molecule has 2 aromatic carbocycles. The summed E-state index contributed by atoms with van der Waals surface area (Å²) in [5.41, 5.74) is 2.23. The van der Waals surface area contributed by atoms with Gasteiger partial charge in [-0.25, -0.2) is 0 Å². The lowest BCUT2D eigenvalue weighted by Crippen LogP contribution is -1.90. The van der Waals surface area contributed by atoms with Crippen molar-refractivity contribution < 1.29 is 10.2 Å². The lowest BCUT2D eigenvalue weighted by Gasteiger charge is -2.06. The van der Waals surface area contributed by atoms with Gasteiger partial charge >= 0.3 is 0 Å². The molecule has 6 heteroatoms. The van der Waals surface area contributed by atoms with Crippen molar-refractivity contribution in [2.45, 2.75) is 0 Å². The van der Waals surface area contributed by atoms with E-state index < -0.39 is 0 Å². The minimum atomic E-state index is -0.345. The highest BCUT2D eigenvalue weighted by Crippen LogP contribution is 2.48. The summed E-state index contributed by atoms with van der Waals surface area (Å²) < 4.78 is 0. The molecule has 2 aromatic rings. The molecule has 0 saturated carbocycles. The van der Waals surface area contributed by atoms with Crippen LogP contribution < -0.4 is 0 Å². The summed E-state index contributed by atoms with van der Waals surface area (Å²) >= 11 is 0. The number of fused-ring (bicyclic) bond motifs is 1. The molecule has 6 nitrogen and oxygen atoms in total. The van der Waals surface area contributed by atoms with E-state index in [0.29, 0.717) is 33.4 Å². The van der Waals surface area contributed by atoms with Crippen molar-refractivity contribution in [3.05, 3.63) is 75.9 Å². The first kappa shape index (κ1) is 18.0. The summed E-state index contributed by atoms with van der Waals surface area (Å²) in [6.07, 6.45) is 1.56. The lowest BCUT2D eigenvalue weighted by atomic mass is 9.94. The smallest absolute Gasteiger partial charge is 0.157 e. The zero-order valence-corrected chi connectivity index (χ0v) is 14.3. The quantitative estimate of drug-likeness (QED) is 0.585. The number of phenolic OH excluding ortho intramolecular Hbond substituents is 2. The Balaban J connectivity index is 2.46. The number of allylic oxidation sites excluding steroid dienone is 5. The van der Waals surface area contributed by atoms with Gasteiger partial charge in [0.1, 0.15) is 35.4 Å². The predicted octanol–water partition coefficient (Wildman–Crippen LogP) is 3.80. The second kappa shape index (κ2) is 7.22. The van der Waals surface area contributed by atoms with E-state index in [4.69, 9.17) is 0 Å². The van der Waals surface area contributed by atoms with Crippen LogP contribution in [0.1, 0.15) is 16.7 Å². The van der Waals surface area contributed by atoms with Crippen molar-refractivity contribution in [1.29, 1.82) is 21.0 Å². The van der Waals surface area contributed by atoms with E-state index in [-0.39, 0.29) is 22.6 Å². The maximum absolute atomic E-state index is 9.77. The van der Waals surface area contributed by atoms with E-state index in [0.717, 1.165) is 0 Å². The number of rotatable bonds is 1. The first-order valence-corrected chi connectivity index (χ1v) is 7.98. The maximum atomic E-state index is 9.77. The van der Waals surface area contributed by atoms with E-state index in [1.807, 2.05) is 24.3 Å². The number of hydrogen-bond donors (Lipinski definition) is 2. The molecule has 0 fully saturated rings.